The Kier molecular flexibility index (Phi) is 5.62. The van der Waals surface area contributed by atoms with Crippen LogP contribution in [0, 0.1) is 13.8 Å². The Bertz CT molecular complexity index is 1250. The predicted octanol–water partition coefficient (Wildman–Crippen LogP) is 4.86. The second-order valence-electron chi connectivity index (χ2n) is 8.23. The molecule has 1 fully saturated rings. The van der Waals surface area contributed by atoms with Crippen molar-refractivity contribution in [3.8, 4) is 0 Å². The highest BCUT2D eigenvalue weighted by atomic mass is 32.1. The maximum atomic E-state index is 12.9. The fourth-order valence-corrected chi connectivity index (χ4v) is 5.29. The van der Waals surface area contributed by atoms with Crippen molar-refractivity contribution >= 4 is 33.3 Å². The minimum absolute atomic E-state index is 0.102. The van der Waals surface area contributed by atoms with E-state index >= 15 is 0 Å². The summed E-state index contributed by atoms with van der Waals surface area (Å²) < 4.78 is 0. The lowest BCUT2D eigenvalue weighted by Crippen LogP contribution is -2.49. The number of aryl methyl sites for hydroxylation is 2. The molecule has 0 atom stereocenters. The largest absolute Gasteiger partial charge is 0.352 e. The van der Waals surface area contributed by atoms with Crippen LogP contribution in [-0.2, 0) is 6.42 Å². The lowest BCUT2D eigenvalue weighted by molar-refractivity contribution is 0.0746. The first-order valence-electron chi connectivity index (χ1n) is 11.0. The molecule has 6 heteroatoms. The Morgan fingerprint density at radius 2 is 1.56 bits per heavy atom. The summed E-state index contributed by atoms with van der Waals surface area (Å²) in [4.78, 5) is 29.4. The van der Waals surface area contributed by atoms with Crippen molar-refractivity contribution in [2.75, 3.05) is 31.1 Å². The molecular weight excluding hydrogens is 416 g/mol. The van der Waals surface area contributed by atoms with Crippen molar-refractivity contribution in [2.24, 2.45) is 0 Å². The van der Waals surface area contributed by atoms with Crippen molar-refractivity contribution in [3.05, 3.63) is 88.1 Å². The number of piperazine rings is 1. The highest BCUT2D eigenvalue weighted by Crippen LogP contribution is 2.35. The summed E-state index contributed by atoms with van der Waals surface area (Å²) in [6.45, 7) is 7.23. The summed E-state index contributed by atoms with van der Waals surface area (Å²) in [6.07, 6.45) is 0.715. The molecule has 1 aliphatic heterocycles. The van der Waals surface area contributed by atoms with E-state index in [-0.39, 0.29) is 5.91 Å². The van der Waals surface area contributed by atoms with Gasteiger partial charge in [0.2, 0.25) is 0 Å². The van der Waals surface area contributed by atoms with Crippen molar-refractivity contribution in [2.45, 2.75) is 20.3 Å². The Morgan fingerprint density at radius 1 is 0.906 bits per heavy atom. The van der Waals surface area contributed by atoms with Gasteiger partial charge in [-0.2, -0.15) is 0 Å². The summed E-state index contributed by atoms with van der Waals surface area (Å²) in [7, 11) is 0. The normalized spacial score (nSPS) is 14.2. The molecule has 0 bridgehead atoms. The first-order valence-corrected chi connectivity index (χ1v) is 11.8. The SMILES string of the molecule is Cc1sc2nc(Cc3ccccc3)nc(N3CCN(C(=O)c4ccccc4)CC3)c2c1C. The van der Waals surface area contributed by atoms with E-state index in [2.05, 4.69) is 43.0 Å². The molecular formula is C26H26N4OS. The Morgan fingerprint density at radius 3 is 2.25 bits per heavy atom. The van der Waals surface area contributed by atoms with Crippen molar-refractivity contribution in [1.29, 1.82) is 0 Å². The third-order valence-corrected chi connectivity index (χ3v) is 7.25. The van der Waals surface area contributed by atoms with Crippen LogP contribution in [-0.4, -0.2) is 47.0 Å². The van der Waals surface area contributed by atoms with Crippen molar-refractivity contribution in [3.63, 3.8) is 0 Å². The number of amides is 1. The van der Waals surface area contributed by atoms with Gasteiger partial charge in [-0.05, 0) is 37.1 Å². The van der Waals surface area contributed by atoms with Crippen LogP contribution in [0.4, 0.5) is 5.82 Å². The highest BCUT2D eigenvalue weighted by molar-refractivity contribution is 7.18. The third kappa shape index (κ3) is 3.98. The number of rotatable bonds is 4. The van der Waals surface area contributed by atoms with Crippen LogP contribution in [0.2, 0.25) is 0 Å². The van der Waals surface area contributed by atoms with Gasteiger partial charge in [-0.1, -0.05) is 48.5 Å². The van der Waals surface area contributed by atoms with Crippen LogP contribution in [0.15, 0.2) is 60.7 Å². The van der Waals surface area contributed by atoms with Gasteiger partial charge in [0.25, 0.3) is 5.91 Å². The van der Waals surface area contributed by atoms with E-state index in [0.29, 0.717) is 19.5 Å². The number of carbonyl (C=O) groups is 1. The van der Waals surface area contributed by atoms with E-state index in [4.69, 9.17) is 9.97 Å². The quantitative estimate of drug-likeness (QED) is 0.453. The van der Waals surface area contributed by atoms with Crippen molar-refractivity contribution < 1.29 is 4.79 Å². The Hall–Kier alpha value is -3.25. The Balaban J connectivity index is 1.42. The monoisotopic (exact) mass is 442 g/mol. The minimum atomic E-state index is 0.102. The average Bonchev–Trinajstić information content (AvgIpc) is 3.12. The molecule has 5 rings (SSSR count). The van der Waals surface area contributed by atoms with E-state index < -0.39 is 0 Å². The number of nitrogens with zero attached hydrogens (tertiary/aromatic N) is 4. The number of carbonyl (C=O) groups excluding carboxylic acids is 1. The summed E-state index contributed by atoms with van der Waals surface area (Å²) >= 11 is 1.74. The second kappa shape index (κ2) is 8.71. The van der Waals surface area contributed by atoms with Gasteiger partial charge in [0.15, 0.2) is 0 Å². The van der Waals surface area contributed by atoms with Gasteiger partial charge in [-0.25, -0.2) is 9.97 Å². The van der Waals surface area contributed by atoms with E-state index in [0.717, 1.165) is 40.5 Å². The molecule has 2 aromatic carbocycles. The molecule has 162 valence electrons. The summed E-state index contributed by atoms with van der Waals surface area (Å²) in [6, 6.07) is 19.9. The molecule has 1 saturated heterocycles. The van der Waals surface area contributed by atoms with Gasteiger partial charge in [0.05, 0.1) is 5.39 Å². The molecule has 0 aliphatic carbocycles. The van der Waals surface area contributed by atoms with Crippen LogP contribution in [0.25, 0.3) is 10.2 Å². The number of anilines is 1. The number of fused-ring (bicyclic) bond motifs is 1. The molecule has 0 unspecified atom stereocenters. The molecule has 1 amide bonds. The van der Waals surface area contributed by atoms with Gasteiger partial charge in [0, 0.05) is 43.0 Å². The molecule has 2 aromatic heterocycles. The first-order chi connectivity index (χ1) is 15.6. The third-order valence-electron chi connectivity index (χ3n) is 6.15. The molecule has 0 radical (unpaired) electrons. The maximum absolute atomic E-state index is 12.9. The molecule has 5 nitrogen and oxygen atoms in total. The highest BCUT2D eigenvalue weighted by Gasteiger charge is 2.26. The minimum Gasteiger partial charge on any atom is -0.352 e. The molecule has 0 N–H and O–H groups in total. The second-order valence-corrected chi connectivity index (χ2v) is 9.44. The fraction of sp³-hybridized carbons (Fsp3) is 0.269. The van der Waals surface area contributed by atoms with Crippen molar-refractivity contribution in [1.82, 2.24) is 14.9 Å². The van der Waals surface area contributed by atoms with Gasteiger partial charge >= 0.3 is 0 Å². The maximum Gasteiger partial charge on any atom is 0.253 e. The average molecular weight is 443 g/mol. The van der Waals surface area contributed by atoms with Crippen LogP contribution < -0.4 is 4.90 Å². The topological polar surface area (TPSA) is 49.3 Å². The molecule has 1 aliphatic rings. The molecule has 32 heavy (non-hydrogen) atoms. The number of hydrogen-bond acceptors (Lipinski definition) is 5. The summed E-state index contributed by atoms with van der Waals surface area (Å²) in [5, 5.41) is 1.16. The molecule has 0 spiro atoms. The van der Waals surface area contributed by atoms with Crippen LogP contribution in [0.1, 0.15) is 32.2 Å². The van der Waals surface area contributed by atoms with Crippen LogP contribution >= 0.6 is 11.3 Å². The van der Waals surface area contributed by atoms with Gasteiger partial charge in [-0.15, -0.1) is 11.3 Å². The molecule has 0 saturated carbocycles. The van der Waals surface area contributed by atoms with E-state index in [9.17, 15) is 4.79 Å². The smallest absolute Gasteiger partial charge is 0.253 e. The molecule has 3 heterocycles. The van der Waals surface area contributed by atoms with E-state index in [1.54, 1.807) is 11.3 Å². The first kappa shape index (κ1) is 20.6. The van der Waals surface area contributed by atoms with Gasteiger partial charge < -0.3 is 9.80 Å². The van der Waals surface area contributed by atoms with Crippen LogP contribution in [0.5, 0.6) is 0 Å². The summed E-state index contributed by atoms with van der Waals surface area (Å²) in [5.41, 5.74) is 3.22. The van der Waals surface area contributed by atoms with Gasteiger partial charge in [-0.3, -0.25) is 4.79 Å². The lowest BCUT2D eigenvalue weighted by atomic mass is 10.1. The zero-order valence-corrected chi connectivity index (χ0v) is 19.2. The summed E-state index contributed by atoms with van der Waals surface area (Å²) in [5.74, 6) is 1.96. The molecule has 4 aromatic rings. The van der Waals surface area contributed by atoms with Crippen LogP contribution in [0.3, 0.4) is 0 Å². The lowest BCUT2D eigenvalue weighted by Gasteiger charge is -2.36. The van der Waals surface area contributed by atoms with Gasteiger partial charge in [0.1, 0.15) is 16.5 Å². The zero-order chi connectivity index (χ0) is 22.1. The fourth-order valence-electron chi connectivity index (χ4n) is 4.24. The zero-order valence-electron chi connectivity index (χ0n) is 18.4. The number of thiophene rings is 1. The number of hydrogen-bond donors (Lipinski definition) is 0. The number of benzene rings is 2. The predicted molar refractivity (Wildman–Crippen MR) is 131 cm³/mol. The Labute approximate surface area is 192 Å². The van der Waals surface area contributed by atoms with E-state index in [1.165, 1.54) is 16.0 Å². The van der Waals surface area contributed by atoms with E-state index in [1.807, 2.05) is 41.3 Å². The number of aromatic nitrogens is 2. The standard InChI is InChI=1S/C26H26N4OS/c1-18-19(2)32-25-23(18)24(27-22(28-25)17-20-9-5-3-6-10-20)29-13-15-30(16-14-29)26(31)21-11-7-4-8-12-21/h3-12H,13-17H2,1-2H3.